The maximum Gasteiger partial charge on any atom is 0.295 e. The number of piperidine rings is 1. The number of likely N-dealkylation sites (tertiary alicyclic amines) is 1. The molecule has 1 atom stereocenters. The number of ketones is 1. The Morgan fingerprint density at radius 2 is 1.71 bits per heavy atom. The van der Waals surface area contributed by atoms with Crippen LogP contribution in [0.1, 0.15) is 29.6 Å². The summed E-state index contributed by atoms with van der Waals surface area (Å²) in [4.78, 5) is 37.6. The van der Waals surface area contributed by atoms with Gasteiger partial charge in [-0.25, -0.2) is 0 Å². The average molecular weight is 335 g/mol. The molecule has 130 valence electrons. The van der Waals surface area contributed by atoms with Gasteiger partial charge < -0.3 is 23.9 Å². The quantitative estimate of drug-likeness (QED) is 0.445. The molecule has 0 bridgehead atoms. The molecule has 0 spiro atoms. The molecule has 1 aliphatic rings. The zero-order valence-corrected chi connectivity index (χ0v) is 14.0. The molecule has 0 aromatic heterocycles. The number of carbonyl (C=O) groups is 3. The van der Waals surface area contributed by atoms with E-state index < -0.39 is 17.7 Å². The number of benzene rings is 1. The number of amides is 1. The Morgan fingerprint density at radius 3 is 2.21 bits per heavy atom. The second kappa shape index (κ2) is 7.81. The second-order valence-corrected chi connectivity index (χ2v) is 5.44. The smallest absolute Gasteiger partial charge is 0.295 e. The van der Waals surface area contributed by atoms with E-state index in [0.29, 0.717) is 30.2 Å². The maximum absolute atomic E-state index is 12.6. The topological polar surface area (TPSA) is 82.1 Å². The van der Waals surface area contributed by atoms with Gasteiger partial charge in [-0.15, -0.1) is 0 Å². The molecule has 1 aromatic carbocycles. The van der Waals surface area contributed by atoms with Crippen LogP contribution in [0.5, 0.6) is 17.2 Å². The van der Waals surface area contributed by atoms with Crippen LogP contribution in [0.15, 0.2) is 12.1 Å². The van der Waals surface area contributed by atoms with Gasteiger partial charge in [-0.05, 0) is 31.4 Å². The lowest BCUT2D eigenvalue weighted by molar-refractivity contribution is -0.133. The third-order valence-electron chi connectivity index (χ3n) is 4.09. The van der Waals surface area contributed by atoms with Crippen LogP contribution >= 0.6 is 0 Å². The fourth-order valence-electron chi connectivity index (χ4n) is 2.82. The average Bonchev–Trinajstić information content (AvgIpc) is 2.65. The van der Waals surface area contributed by atoms with Gasteiger partial charge in [-0.3, -0.25) is 9.59 Å². The summed E-state index contributed by atoms with van der Waals surface area (Å²) in [5.74, 6) is -0.478. The van der Waals surface area contributed by atoms with Crippen LogP contribution in [0.25, 0.3) is 0 Å². The first-order valence-corrected chi connectivity index (χ1v) is 7.68. The van der Waals surface area contributed by atoms with E-state index >= 15 is 0 Å². The van der Waals surface area contributed by atoms with Crippen molar-refractivity contribution in [2.45, 2.75) is 25.3 Å². The second-order valence-electron chi connectivity index (χ2n) is 5.44. The molecule has 1 amide bonds. The van der Waals surface area contributed by atoms with Crippen LogP contribution in [-0.4, -0.2) is 56.8 Å². The molecule has 7 heteroatoms. The van der Waals surface area contributed by atoms with Gasteiger partial charge in [-0.2, -0.15) is 0 Å². The normalized spacial score (nSPS) is 17.1. The Hall–Kier alpha value is -2.57. The number of hydrogen-bond acceptors (Lipinski definition) is 6. The standard InChI is InChI=1S/C17H21NO6/c1-22-13-8-11(9-14(23-2)16(13)24-3)15(20)17(21)18-7-5-4-6-12(18)10-19/h8-10,12H,4-7H2,1-3H3. The van der Waals surface area contributed by atoms with Crippen molar-refractivity contribution in [1.82, 2.24) is 4.90 Å². The van der Waals surface area contributed by atoms with E-state index in [9.17, 15) is 14.4 Å². The summed E-state index contributed by atoms with van der Waals surface area (Å²) in [5, 5.41) is 0. The molecular formula is C17H21NO6. The summed E-state index contributed by atoms with van der Waals surface area (Å²) < 4.78 is 15.6. The first kappa shape index (κ1) is 17.8. The maximum atomic E-state index is 12.6. The lowest BCUT2D eigenvalue weighted by Gasteiger charge is -2.31. The summed E-state index contributed by atoms with van der Waals surface area (Å²) in [6.07, 6.45) is 2.95. The van der Waals surface area contributed by atoms with Gasteiger partial charge in [0.15, 0.2) is 11.5 Å². The molecule has 1 unspecified atom stereocenters. The minimum atomic E-state index is -0.706. The highest BCUT2D eigenvalue weighted by Gasteiger charge is 2.32. The van der Waals surface area contributed by atoms with Gasteiger partial charge in [0.05, 0.1) is 27.4 Å². The molecule has 1 aliphatic heterocycles. The van der Waals surface area contributed by atoms with Gasteiger partial charge in [0.2, 0.25) is 5.75 Å². The molecule has 0 radical (unpaired) electrons. The summed E-state index contributed by atoms with van der Waals surface area (Å²) in [6, 6.07) is 2.32. The highest BCUT2D eigenvalue weighted by Crippen LogP contribution is 2.38. The van der Waals surface area contributed by atoms with E-state index in [1.165, 1.54) is 38.4 Å². The van der Waals surface area contributed by atoms with Crippen molar-refractivity contribution in [3.8, 4) is 17.2 Å². The highest BCUT2D eigenvalue weighted by molar-refractivity contribution is 6.43. The summed E-state index contributed by atoms with van der Waals surface area (Å²) >= 11 is 0. The first-order chi connectivity index (χ1) is 11.6. The summed E-state index contributed by atoms with van der Waals surface area (Å²) in [5.41, 5.74) is 0.129. The Kier molecular flexibility index (Phi) is 5.78. The number of methoxy groups -OCH3 is 3. The Balaban J connectivity index is 2.34. The van der Waals surface area contributed by atoms with Crippen molar-refractivity contribution in [3.63, 3.8) is 0 Å². The minimum absolute atomic E-state index is 0.129. The Labute approximate surface area is 140 Å². The molecule has 7 nitrogen and oxygen atoms in total. The SMILES string of the molecule is COc1cc(C(=O)C(=O)N2CCCCC2C=O)cc(OC)c1OC. The van der Waals surface area contributed by atoms with Crippen molar-refractivity contribution in [3.05, 3.63) is 17.7 Å². The number of rotatable bonds is 6. The molecule has 0 aliphatic carbocycles. The van der Waals surface area contributed by atoms with Crippen molar-refractivity contribution in [2.75, 3.05) is 27.9 Å². The molecule has 1 heterocycles. The Morgan fingerprint density at radius 1 is 1.08 bits per heavy atom. The van der Waals surface area contributed by atoms with E-state index in [4.69, 9.17) is 14.2 Å². The third-order valence-corrected chi connectivity index (χ3v) is 4.09. The van der Waals surface area contributed by atoms with Crippen LogP contribution in [0.4, 0.5) is 0 Å². The first-order valence-electron chi connectivity index (χ1n) is 7.68. The summed E-state index contributed by atoms with van der Waals surface area (Å²) in [6.45, 7) is 0.401. The fourth-order valence-corrected chi connectivity index (χ4v) is 2.82. The van der Waals surface area contributed by atoms with E-state index in [1.54, 1.807) is 0 Å². The van der Waals surface area contributed by atoms with E-state index in [-0.39, 0.29) is 5.56 Å². The molecule has 2 rings (SSSR count). The van der Waals surface area contributed by atoms with Gasteiger partial charge >= 0.3 is 0 Å². The largest absolute Gasteiger partial charge is 0.493 e. The van der Waals surface area contributed by atoms with Crippen molar-refractivity contribution < 1.29 is 28.6 Å². The molecule has 1 aromatic rings. The molecular weight excluding hydrogens is 314 g/mol. The zero-order valence-electron chi connectivity index (χ0n) is 14.0. The molecule has 0 N–H and O–H groups in total. The number of nitrogens with zero attached hydrogens (tertiary/aromatic N) is 1. The van der Waals surface area contributed by atoms with Crippen molar-refractivity contribution in [1.29, 1.82) is 0 Å². The van der Waals surface area contributed by atoms with Crippen molar-refractivity contribution >= 4 is 18.0 Å². The van der Waals surface area contributed by atoms with E-state index in [1.807, 2.05) is 0 Å². The molecule has 0 saturated carbocycles. The number of hydrogen-bond donors (Lipinski definition) is 0. The monoisotopic (exact) mass is 335 g/mol. The van der Waals surface area contributed by atoms with E-state index in [0.717, 1.165) is 19.1 Å². The highest BCUT2D eigenvalue weighted by atomic mass is 16.5. The van der Waals surface area contributed by atoms with Crippen molar-refractivity contribution in [2.24, 2.45) is 0 Å². The van der Waals surface area contributed by atoms with Crippen LogP contribution in [-0.2, 0) is 9.59 Å². The zero-order chi connectivity index (χ0) is 17.7. The molecule has 1 saturated heterocycles. The third kappa shape index (κ3) is 3.34. The van der Waals surface area contributed by atoms with Gasteiger partial charge in [-0.1, -0.05) is 0 Å². The number of carbonyl (C=O) groups excluding carboxylic acids is 3. The van der Waals surface area contributed by atoms with Gasteiger partial charge in [0, 0.05) is 12.1 Å². The molecule has 1 fully saturated rings. The number of Topliss-reactive ketones (excluding diaryl/α,β-unsaturated/α-hetero) is 1. The fraction of sp³-hybridized carbons (Fsp3) is 0.471. The number of aldehydes is 1. The van der Waals surface area contributed by atoms with Gasteiger partial charge in [0.1, 0.15) is 6.29 Å². The predicted molar refractivity (Wildman–Crippen MR) is 85.8 cm³/mol. The van der Waals surface area contributed by atoms with Crippen LogP contribution in [0.2, 0.25) is 0 Å². The number of ether oxygens (including phenoxy) is 3. The predicted octanol–water partition coefficient (Wildman–Crippen LogP) is 1.48. The van der Waals surface area contributed by atoms with Crippen LogP contribution in [0, 0.1) is 0 Å². The van der Waals surface area contributed by atoms with E-state index in [2.05, 4.69) is 0 Å². The van der Waals surface area contributed by atoms with Crippen LogP contribution in [0.3, 0.4) is 0 Å². The minimum Gasteiger partial charge on any atom is -0.493 e. The van der Waals surface area contributed by atoms with Crippen LogP contribution < -0.4 is 14.2 Å². The summed E-state index contributed by atoms with van der Waals surface area (Å²) in [7, 11) is 4.32. The lowest BCUT2D eigenvalue weighted by atomic mass is 10.0. The molecule has 24 heavy (non-hydrogen) atoms. The van der Waals surface area contributed by atoms with Gasteiger partial charge in [0.25, 0.3) is 11.7 Å². The lowest BCUT2D eigenvalue weighted by Crippen LogP contribution is -2.47. The Bertz CT molecular complexity index is 617.